The number of rotatable bonds is 3. The molecule has 3 heteroatoms. The largest absolute Gasteiger partial charge is 0.284 e. The van der Waals surface area contributed by atoms with Crippen molar-refractivity contribution in [2.75, 3.05) is 0 Å². The van der Waals surface area contributed by atoms with E-state index in [1.54, 1.807) is 0 Å². The molecule has 0 aliphatic carbocycles. The number of benzene rings is 2. The number of aliphatic imine (C=N–C) groups is 1. The highest BCUT2D eigenvalue weighted by molar-refractivity contribution is 5.85. The first-order chi connectivity index (χ1) is 11.8. The third kappa shape index (κ3) is 2.72. The van der Waals surface area contributed by atoms with Gasteiger partial charge < -0.3 is 0 Å². The maximum atomic E-state index is 4.77. The van der Waals surface area contributed by atoms with Gasteiger partial charge in [-0.05, 0) is 24.6 Å². The Morgan fingerprint density at radius 2 is 1.62 bits per heavy atom. The Labute approximate surface area is 141 Å². The van der Waals surface area contributed by atoms with Crippen LogP contribution in [0.4, 0.5) is 5.82 Å². The van der Waals surface area contributed by atoms with E-state index < -0.39 is 0 Å². The van der Waals surface area contributed by atoms with E-state index in [9.17, 15) is 0 Å². The molecule has 0 aliphatic rings. The molecule has 0 radical (unpaired) electrons. The highest BCUT2D eigenvalue weighted by Gasteiger charge is 2.12. The van der Waals surface area contributed by atoms with E-state index in [4.69, 9.17) is 9.98 Å². The molecule has 0 fully saturated rings. The lowest BCUT2D eigenvalue weighted by Gasteiger charge is -2.01. The predicted molar refractivity (Wildman–Crippen MR) is 99.1 cm³/mol. The first kappa shape index (κ1) is 14.4. The molecule has 2 aromatic heterocycles. The van der Waals surface area contributed by atoms with Gasteiger partial charge in [0.1, 0.15) is 11.3 Å². The van der Waals surface area contributed by atoms with Crippen molar-refractivity contribution in [3.63, 3.8) is 0 Å². The van der Waals surface area contributed by atoms with Gasteiger partial charge >= 0.3 is 0 Å². The lowest BCUT2D eigenvalue weighted by Crippen LogP contribution is -1.85. The number of hydrogen-bond acceptors (Lipinski definition) is 2. The zero-order chi connectivity index (χ0) is 16.4. The Morgan fingerprint density at radius 1 is 0.875 bits per heavy atom. The van der Waals surface area contributed by atoms with E-state index in [0.717, 1.165) is 28.3 Å². The second-order valence-corrected chi connectivity index (χ2v) is 5.75. The van der Waals surface area contributed by atoms with Crippen LogP contribution in [0.2, 0.25) is 0 Å². The minimum Gasteiger partial charge on any atom is -0.284 e. The van der Waals surface area contributed by atoms with Crippen LogP contribution in [-0.2, 0) is 0 Å². The molecule has 0 saturated heterocycles. The molecule has 3 nitrogen and oxygen atoms in total. The van der Waals surface area contributed by atoms with Gasteiger partial charge in [-0.15, -0.1) is 0 Å². The molecular formula is C21H17N3. The van der Waals surface area contributed by atoms with Gasteiger partial charge in [0.2, 0.25) is 0 Å². The smallest absolute Gasteiger partial charge is 0.165 e. The molecule has 2 heterocycles. The lowest BCUT2D eigenvalue weighted by atomic mass is 10.1. The van der Waals surface area contributed by atoms with Gasteiger partial charge in [0.05, 0.1) is 0 Å². The van der Waals surface area contributed by atoms with Crippen LogP contribution in [0.1, 0.15) is 11.1 Å². The molecular weight excluding hydrogens is 294 g/mol. The molecule has 24 heavy (non-hydrogen) atoms. The molecule has 4 aromatic rings. The Balaban J connectivity index is 1.87. The highest BCUT2D eigenvalue weighted by Crippen LogP contribution is 2.31. The molecule has 0 bridgehead atoms. The van der Waals surface area contributed by atoms with Crippen molar-refractivity contribution in [2.45, 2.75) is 6.92 Å². The number of imidazole rings is 1. The van der Waals surface area contributed by atoms with Gasteiger partial charge in [-0.25, -0.2) is 9.98 Å². The number of aromatic nitrogens is 2. The summed E-state index contributed by atoms with van der Waals surface area (Å²) in [6, 6.07) is 24.5. The van der Waals surface area contributed by atoms with Crippen LogP contribution in [-0.4, -0.2) is 15.6 Å². The minimum absolute atomic E-state index is 0.846. The van der Waals surface area contributed by atoms with Crippen LogP contribution in [0.15, 0.2) is 84.0 Å². The summed E-state index contributed by atoms with van der Waals surface area (Å²) in [5.74, 6) is 0.846. The second kappa shape index (κ2) is 6.13. The van der Waals surface area contributed by atoms with E-state index in [0.29, 0.717) is 0 Å². The van der Waals surface area contributed by atoms with Crippen molar-refractivity contribution in [2.24, 2.45) is 4.99 Å². The maximum absolute atomic E-state index is 4.77. The topological polar surface area (TPSA) is 29.7 Å². The van der Waals surface area contributed by atoms with Gasteiger partial charge in [0.25, 0.3) is 0 Å². The predicted octanol–water partition coefficient (Wildman–Crippen LogP) is 5.06. The summed E-state index contributed by atoms with van der Waals surface area (Å²) in [6.07, 6.45) is 3.88. The van der Waals surface area contributed by atoms with Crippen LogP contribution < -0.4 is 0 Å². The third-order valence-electron chi connectivity index (χ3n) is 3.97. The fourth-order valence-corrected chi connectivity index (χ4v) is 2.69. The molecule has 0 atom stereocenters. The first-order valence-electron chi connectivity index (χ1n) is 7.94. The Bertz CT molecular complexity index is 996. The number of fused-ring (bicyclic) bond motifs is 1. The van der Waals surface area contributed by atoms with Crippen LogP contribution >= 0.6 is 0 Å². The Kier molecular flexibility index (Phi) is 3.67. The van der Waals surface area contributed by atoms with Crippen molar-refractivity contribution in [1.29, 1.82) is 0 Å². The van der Waals surface area contributed by atoms with Crippen molar-refractivity contribution >= 4 is 17.7 Å². The first-order valence-corrected chi connectivity index (χ1v) is 7.94. The number of aryl methyl sites for hydroxylation is 1. The lowest BCUT2D eigenvalue weighted by molar-refractivity contribution is 1.17. The van der Waals surface area contributed by atoms with Gasteiger partial charge in [0, 0.05) is 18.0 Å². The molecule has 0 spiro atoms. The van der Waals surface area contributed by atoms with Crippen LogP contribution in [0, 0.1) is 6.92 Å². The van der Waals surface area contributed by atoms with Gasteiger partial charge in [-0.1, -0.05) is 66.2 Å². The molecule has 0 saturated carbocycles. The highest BCUT2D eigenvalue weighted by atomic mass is 15.1. The average molecular weight is 311 g/mol. The third-order valence-corrected chi connectivity index (χ3v) is 3.97. The average Bonchev–Trinajstić information content (AvgIpc) is 3.00. The molecule has 0 aliphatic heterocycles. The summed E-state index contributed by atoms with van der Waals surface area (Å²) >= 11 is 0. The molecule has 0 unspecified atom stereocenters. The standard InChI is InChI=1S/C21H17N3/c1-16-10-12-18(13-11-16)20-21(22-15-17-7-3-2-4-8-17)24-14-6-5-9-19(24)23-20/h2-15H,1H3/b22-15+. The van der Waals surface area contributed by atoms with Crippen molar-refractivity contribution in [3.05, 3.63) is 90.1 Å². The van der Waals surface area contributed by atoms with Crippen LogP contribution in [0.5, 0.6) is 0 Å². The van der Waals surface area contributed by atoms with E-state index >= 15 is 0 Å². The van der Waals surface area contributed by atoms with Crippen molar-refractivity contribution < 1.29 is 0 Å². The fourth-order valence-electron chi connectivity index (χ4n) is 2.69. The van der Waals surface area contributed by atoms with Crippen molar-refractivity contribution in [1.82, 2.24) is 9.38 Å². The summed E-state index contributed by atoms with van der Waals surface area (Å²) < 4.78 is 2.02. The SMILES string of the molecule is Cc1ccc(-c2nc3ccccn3c2/N=C/c2ccccc2)cc1. The zero-order valence-corrected chi connectivity index (χ0v) is 13.4. The second-order valence-electron chi connectivity index (χ2n) is 5.75. The summed E-state index contributed by atoms with van der Waals surface area (Å²) in [5, 5.41) is 0. The molecule has 0 amide bonds. The summed E-state index contributed by atoms with van der Waals surface area (Å²) in [4.78, 5) is 9.51. The summed E-state index contributed by atoms with van der Waals surface area (Å²) in [6.45, 7) is 2.09. The molecule has 0 N–H and O–H groups in total. The summed E-state index contributed by atoms with van der Waals surface area (Å²) in [7, 11) is 0. The monoisotopic (exact) mass is 311 g/mol. The number of hydrogen-bond donors (Lipinski definition) is 0. The molecule has 116 valence electrons. The Morgan fingerprint density at radius 3 is 2.42 bits per heavy atom. The van der Waals surface area contributed by atoms with Crippen LogP contribution in [0.3, 0.4) is 0 Å². The van der Waals surface area contributed by atoms with E-state index in [2.05, 4.69) is 31.2 Å². The zero-order valence-electron chi connectivity index (χ0n) is 13.4. The number of pyridine rings is 1. The summed E-state index contributed by atoms with van der Waals surface area (Å²) in [5.41, 5.74) is 5.17. The molecule has 2 aromatic carbocycles. The quantitative estimate of drug-likeness (QED) is 0.486. The van der Waals surface area contributed by atoms with E-state index in [-0.39, 0.29) is 0 Å². The van der Waals surface area contributed by atoms with Crippen molar-refractivity contribution in [3.8, 4) is 11.3 Å². The normalized spacial score (nSPS) is 11.4. The maximum Gasteiger partial charge on any atom is 0.165 e. The van der Waals surface area contributed by atoms with Gasteiger partial charge in [0.15, 0.2) is 5.82 Å². The Hall–Kier alpha value is -3.20. The van der Waals surface area contributed by atoms with Gasteiger partial charge in [-0.2, -0.15) is 0 Å². The van der Waals surface area contributed by atoms with Gasteiger partial charge in [-0.3, -0.25) is 4.40 Å². The van der Waals surface area contributed by atoms with E-state index in [1.807, 2.05) is 65.3 Å². The van der Waals surface area contributed by atoms with E-state index in [1.165, 1.54) is 5.56 Å². The van der Waals surface area contributed by atoms with Crippen LogP contribution in [0.25, 0.3) is 16.9 Å². The molecule has 4 rings (SSSR count). The fraction of sp³-hybridized carbons (Fsp3) is 0.0476. The minimum atomic E-state index is 0.846. The number of nitrogens with zero attached hydrogens (tertiary/aromatic N) is 3.